The van der Waals surface area contributed by atoms with Crippen LogP contribution in [0.4, 0.5) is 0 Å². The van der Waals surface area contributed by atoms with Gasteiger partial charge in [0, 0.05) is 13.1 Å². The van der Waals surface area contributed by atoms with E-state index in [1.807, 2.05) is 0 Å². The first-order valence-electron chi connectivity index (χ1n) is 7.75. The molecule has 0 saturated heterocycles. The van der Waals surface area contributed by atoms with Crippen molar-refractivity contribution in [3.8, 4) is 5.75 Å². The molecule has 2 aromatic carbocycles. The first-order chi connectivity index (χ1) is 12.1. The molecule has 0 spiro atoms. The van der Waals surface area contributed by atoms with Crippen molar-refractivity contribution in [2.75, 3.05) is 13.7 Å². The van der Waals surface area contributed by atoms with Crippen molar-refractivity contribution in [3.05, 3.63) is 74.8 Å². The van der Waals surface area contributed by atoms with Crippen LogP contribution in [-0.4, -0.2) is 29.1 Å². The quantitative estimate of drug-likeness (QED) is 0.682. The first-order valence-corrected chi connectivity index (χ1v) is 7.75. The van der Waals surface area contributed by atoms with Crippen molar-refractivity contribution in [1.82, 2.24) is 14.9 Å². The minimum absolute atomic E-state index is 0.185. The maximum absolute atomic E-state index is 12.3. The van der Waals surface area contributed by atoms with E-state index in [0.29, 0.717) is 22.3 Å². The van der Waals surface area contributed by atoms with E-state index >= 15 is 0 Å². The Labute approximate surface area is 142 Å². The normalized spacial score (nSPS) is 10.6. The third-order valence-corrected chi connectivity index (χ3v) is 3.86. The molecule has 25 heavy (non-hydrogen) atoms. The molecule has 3 aromatic rings. The minimum atomic E-state index is -0.685. The lowest BCUT2D eigenvalue weighted by molar-refractivity contribution is 0.0949. The summed E-state index contributed by atoms with van der Waals surface area (Å²) in [6.45, 7) is 0.383. The molecule has 0 fully saturated rings. The fourth-order valence-corrected chi connectivity index (χ4v) is 2.65. The third-order valence-electron chi connectivity index (χ3n) is 3.86. The van der Waals surface area contributed by atoms with Crippen LogP contribution in [0.15, 0.2) is 58.1 Å². The molecule has 128 valence electrons. The lowest BCUT2D eigenvalue weighted by Crippen LogP contribution is -2.39. The highest BCUT2D eigenvalue weighted by molar-refractivity contribution is 5.96. The second-order valence-electron chi connectivity index (χ2n) is 5.38. The predicted octanol–water partition coefficient (Wildman–Crippen LogP) is 1.13. The van der Waals surface area contributed by atoms with Gasteiger partial charge in [-0.05, 0) is 24.3 Å². The van der Waals surface area contributed by atoms with Crippen LogP contribution in [0.2, 0.25) is 0 Å². The summed E-state index contributed by atoms with van der Waals surface area (Å²) in [5.74, 6) is 0.165. The molecule has 1 heterocycles. The molecule has 7 heteroatoms. The third kappa shape index (κ3) is 3.30. The maximum atomic E-state index is 12.3. The number of para-hydroxylation sites is 3. The number of nitrogens with one attached hydrogen (secondary N) is 2. The fraction of sp³-hybridized carbons (Fsp3) is 0.167. The van der Waals surface area contributed by atoms with Crippen LogP contribution in [0, 0.1) is 0 Å². The van der Waals surface area contributed by atoms with Crippen LogP contribution in [0.5, 0.6) is 5.75 Å². The summed E-state index contributed by atoms with van der Waals surface area (Å²) >= 11 is 0. The Morgan fingerprint density at radius 3 is 2.64 bits per heavy atom. The van der Waals surface area contributed by atoms with Gasteiger partial charge < -0.3 is 19.6 Å². The molecule has 0 bridgehead atoms. The van der Waals surface area contributed by atoms with Gasteiger partial charge in [-0.1, -0.05) is 24.3 Å². The van der Waals surface area contributed by atoms with Crippen LogP contribution in [0.25, 0.3) is 11.0 Å². The zero-order valence-corrected chi connectivity index (χ0v) is 13.6. The SMILES string of the molecule is COc1ccccc1C(=O)NCCn1c(=O)c(=O)[nH]c2ccccc21. The van der Waals surface area contributed by atoms with Gasteiger partial charge >= 0.3 is 11.1 Å². The fourth-order valence-electron chi connectivity index (χ4n) is 2.65. The number of aromatic nitrogens is 2. The molecular weight excluding hydrogens is 322 g/mol. The Kier molecular flexibility index (Phi) is 4.65. The van der Waals surface area contributed by atoms with Crippen molar-refractivity contribution >= 4 is 16.9 Å². The highest BCUT2D eigenvalue weighted by Gasteiger charge is 2.12. The summed E-state index contributed by atoms with van der Waals surface area (Å²) in [4.78, 5) is 38.7. The van der Waals surface area contributed by atoms with Crippen LogP contribution < -0.4 is 21.2 Å². The summed E-state index contributed by atoms with van der Waals surface area (Å²) in [5, 5.41) is 2.74. The zero-order valence-electron chi connectivity index (χ0n) is 13.6. The van der Waals surface area contributed by atoms with Gasteiger partial charge in [-0.25, -0.2) is 0 Å². The lowest BCUT2D eigenvalue weighted by Gasteiger charge is -2.11. The largest absolute Gasteiger partial charge is 0.496 e. The Morgan fingerprint density at radius 2 is 1.84 bits per heavy atom. The van der Waals surface area contributed by atoms with Gasteiger partial charge in [-0.3, -0.25) is 14.4 Å². The molecule has 0 unspecified atom stereocenters. The second-order valence-corrected chi connectivity index (χ2v) is 5.38. The van der Waals surface area contributed by atoms with E-state index in [2.05, 4.69) is 10.3 Å². The van der Waals surface area contributed by atoms with Gasteiger partial charge in [0.15, 0.2) is 0 Å². The van der Waals surface area contributed by atoms with Gasteiger partial charge in [0.1, 0.15) is 5.75 Å². The highest BCUT2D eigenvalue weighted by atomic mass is 16.5. The van der Waals surface area contributed by atoms with Crippen LogP contribution in [0.1, 0.15) is 10.4 Å². The van der Waals surface area contributed by atoms with Crippen molar-refractivity contribution in [3.63, 3.8) is 0 Å². The van der Waals surface area contributed by atoms with E-state index in [9.17, 15) is 14.4 Å². The Bertz CT molecular complexity index is 1040. The van der Waals surface area contributed by atoms with Crippen molar-refractivity contribution in [2.45, 2.75) is 6.54 Å². The maximum Gasteiger partial charge on any atom is 0.316 e. The van der Waals surface area contributed by atoms with E-state index in [4.69, 9.17) is 4.74 Å². The summed E-state index contributed by atoms with van der Waals surface area (Å²) in [5.41, 5.74) is 0.259. The molecule has 0 saturated carbocycles. The van der Waals surface area contributed by atoms with Gasteiger partial charge in [0.25, 0.3) is 5.91 Å². The summed E-state index contributed by atoms with van der Waals surface area (Å²) in [6.07, 6.45) is 0. The number of amides is 1. The molecule has 0 aliphatic heterocycles. The van der Waals surface area contributed by atoms with Gasteiger partial charge in [0.2, 0.25) is 0 Å². The average Bonchev–Trinajstić information content (AvgIpc) is 2.64. The van der Waals surface area contributed by atoms with Crippen LogP contribution in [-0.2, 0) is 6.54 Å². The van der Waals surface area contributed by atoms with Crippen molar-refractivity contribution < 1.29 is 9.53 Å². The highest BCUT2D eigenvalue weighted by Crippen LogP contribution is 2.16. The standard InChI is InChI=1S/C18H17N3O4/c1-25-15-9-5-2-6-12(15)16(22)19-10-11-21-14-8-4-3-7-13(14)20-17(23)18(21)24/h2-9H,10-11H2,1H3,(H,19,22)(H,20,23). The Hall–Kier alpha value is -3.35. The number of carbonyl (C=O) groups excluding carboxylic acids is 1. The van der Waals surface area contributed by atoms with E-state index in [1.165, 1.54) is 11.7 Å². The number of H-pyrrole nitrogens is 1. The molecular formula is C18H17N3O4. The summed E-state index contributed by atoms with van der Waals surface area (Å²) < 4.78 is 6.52. The monoisotopic (exact) mass is 339 g/mol. The van der Waals surface area contributed by atoms with Crippen LogP contribution in [0.3, 0.4) is 0 Å². The topological polar surface area (TPSA) is 93.2 Å². The smallest absolute Gasteiger partial charge is 0.316 e. The second kappa shape index (κ2) is 7.04. The number of carbonyl (C=O) groups is 1. The van der Waals surface area contributed by atoms with E-state index in [-0.39, 0.29) is 19.0 Å². The number of ether oxygens (including phenoxy) is 1. The van der Waals surface area contributed by atoms with Gasteiger partial charge in [0.05, 0.1) is 23.7 Å². The Balaban J connectivity index is 1.80. The molecule has 2 N–H and O–H groups in total. The molecule has 3 rings (SSSR count). The zero-order chi connectivity index (χ0) is 17.8. The van der Waals surface area contributed by atoms with Crippen molar-refractivity contribution in [1.29, 1.82) is 0 Å². The number of nitrogens with zero attached hydrogens (tertiary/aromatic N) is 1. The first kappa shape index (κ1) is 16.5. The van der Waals surface area contributed by atoms with E-state index in [0.717, 1.165) is 0 Å². The molecule has 7 nitrogen and oxygen atoms in total. The predicted molar refractivity (Wildman–Crippen MR) is 94.2 cm³/mol. The molecule has 0 radical (unpaired) electrons. The number of rotatable bonds is 5. The molecule has 0 atom stereocenters. The summed E-state index contributed by atoms with van der Waals surface area (Å²) in [7, 11) is 1.49. The van der Waals surface area contributed by atoms with E-state index < -0.39 is 11.1 Å². The lowest BCUT2D eigenvalue weighted by atomic mass is 10.2. The number of methoxy groups -OCH3 is 1. The number of benzene rings is 2. The molecule has 1 aromatic heterocycles. The summed E-state index contributed by atoms with van der Waals surface area (Å²) in [6, 6.07) is 13.9. The minimum Gasteiger partial charge on any atom is -0.496 e. The molecule has 1 amide bonds. The van der Waals surface area contributed by atoms with Crippen LogP contribution >= 0.6 is 0 Å². The number of hydrogen-bond donors (Lipinski definition) is 2. The Morgan fingerprint density at radius 1 is 1.12 bits per heavy atom. The number of hydrogen-bond acceptors (Lipinski definition) is 4. The average molecular weight is 339 g/mol. The molecule has 0 aliphatic rings. The number of aromatic amines is 1. The van der Waals surface area contributed by atoms with Crippen molar-refractivity contribution in [2.24, 2.45) is 0 Å². The van der Waals surface area contributed by atoms with Gasteiger partial charge in [-0.15, -0.1) is 0 Å². The van der Waals surface area contributed by atoms with Gasteiger partial charge in [-0.2, -0.15) is 0 Å². The van der Waals surface area contributed by atoms with E-state index in [1.54, 1.807) is 48.5 Å². The number of fused-ring (bicyclic) bond motifs is 1. The molecule has 0 aliphatic carbocycles.